The lowest BCUT2D eigenvalue weighted by Gasteiger charge is -2.12. The second-order valence-corrected chi connectivity index (χ2v) is 10.4. The summed E-state index contributed by atoms with van der Waals surface area (Å²) in [6.45, 7) is 1.94. The zero-order valence-electron chi connectivity index (χ0n) is 21.0. The average Bonchev–Trinajstić information content (AvgIpc) is 3.53. The normalized spacial score (nSPS) is 14.0. The van der Waals surface area contributed by atoms with Gasteiger partial charge in [-0.3, -0.25) is 9.59 Å². The van der Waals surface area contributed by atoms with E-state index in [-0.39, 0.29) is 29.7 Å². The van der Waals surface area contributed by atoms with E-state index in [4.69, 9.17) is 11.6 Å². The molecule has 0 fully saturated rings. The fourth-order valence-electron chi connectivity index (χ4n) is 4.09. The Morgan fingerprint density at radius 3 is 2.60 bits per heavy atom. The van der Waals surface area contributed by atoms with Crippen molar-refractivity contribution in [2.45, 2.75) is 13.5 Å². The summed E-state index contributed by atoms with van der Waals surface area (Å²) in [6.07, 6.45) is 1.74. The first-order chi connectivity index (χ1) is 19.2. The maximum atomic E-state index is 13.1. The molecule has 1 aliphatic rings. The van der Waals surface area contributed by atoms with Crippen LogP contribution in [0, 0.1) is 5.82 Å². The van der Waals surface area contributed by atoms with E-state index >= 15 is 0 Å². The van der Waals surface area contributed by atoms with Crippen LogP contribution in [-0.2, 0) is 11.3 Å². The molecule has 0 saturated carbocycles. The molecule has 2 N–H and O–H groups in total. The maximum Gasteiger partial charge on any atom is 0.335 e. The summed E-state index contributed by atoms with van der Waals surface area (Å²) in [5, 5.41) is 17.9. The quantitative estimate of drug-likeness (QED) is 0.242. The number of carbonyl (C=O) groups is 3. The number of rotatable bonds is 7. The number of anilines is 1. The van der Waals surface area contributed by atoms with Crippen LogP contribution in [-0.4, -0.2) is 28.6 Å². The van der Waals surface area contributed by atoms with Gasteiger partial charge in [-0.05, 0) is 78.7 Å². The summed E-state index contributed by atoms with van der Waals surface area (Å²) in [7, 11) is 0. The first-order valence-electron chi connectivity index (χ1n) is 12.1. The van der Waals surface area contributed by atoms with Gasteiger partial charge in [-0.1, -0.05) is 35.9 Å². The summed E-state index contributed by atoms with van der Waals surface area (Å²) >= 11 is 7.75. The number of hydrogen-bond donors (Lipinski definition) is 2. The molecule has 10 heteroatoms. The molecular formula is C30H21ClFN3O4S. The molecule has 1 aromatic heterocycles. The molecule has 2 amide bonds. The van der Waals surface area contributed by atoms with Gasteiger partial charge in [0.2, 0.25) is 0 Å². The van der Waals surface area contributed by atoms with E-state index in [9.17, 15) is 23.9 Å². The molecule has 0 atom stereocenters. The van der Waals surface area contributed by atoms with E-state index in [1.807, 2.05) is 18.2 Å². The Morgan fingerprint density at radius 1 is 1.07 bits per heavy atom. The molecule has 4 aromatic rings. The molecule has 0 bridgehead atoms. The van der Waals surface area contributed by atoms with Crippen LogP contribution in [0.15, 0.2) is 89.5 Å². The summed E-state index contributed by atoms with van der Waals surface area (Å²) in [5.74, 6) is -2.15. The van der Waals surface area contributed by atoms with Crippen molar-refractivity contribution >= 4 is 58.2 Å². The highest BCUT2D eigenvalue weighted by Crippen LogP contribution is 2.33. The Labute approximate surface area is 237 Å². The number of carboxylic acid groups (broad SMARTS) is 1. The lowest BCUT2D eigenvalue weighted by molar-refractivity contribution is -0.114. The molecule has 2 heterocycles. The van der Waals surface area contributed by atoms with E-state index in [1.165, 1.54) is 40.6 Å². The third-order valence-corrected chi connectivity index (χ3v) is 7.59. The Kier molecular flexibility index (Phi) is 7.59. The standard InChI is InChI=1S/C30H21ClFN3O4S/c1-17-24(29(37)35(34-17)22-4-2-3-20(13-22)30(38)39)15-23-10-12-27(40-23)19-7-11-26(31)25(14-19)28(36)33-16-18-5-8-21(32)9-6-18/h2-15H,16H2,1H3,(H,33,36)(H,38,39)/b24-15-. The monoisotopic (exact) mass is 573 g/mol. The van der Waals surface area contributed by atoms with Gasteiger partial charge in [0.1, 0.15) is 5.82 Å². The smallest absolute Gasteiger partial charge is 0.335 e. The number of aromatic carboxylic acids is 1. The van der Waals surface area contributed by atoms with E-state index < -0.39 is 5.97 Å². The fourth-order valence-corrected chi connectivity index (χ4v) is 5.24. The van der Waals surface area contributed by atoms with Gasteiger partial charge in [-0.2, -0.15) is 10.1 Å². The Bertz CT molecular complexity index is 1710. The van der Waals surface area contributed by atoms with Crippen LogP contribution in [0.2, 0.25) is 5.02 Å². The fraction of sp³-hybridized carbons (Fsp3) is 0.0667. The second-order valence-electron chi connectivity index (χ2n) is 8.92. The van der Waals surface area contributed by atoms with Gasteiger partial charge in [0.05, 0.1) is 33.1 Å². The van der Waals surface area contributed by atoms with Gasteiger partial charge in [0, 0.05) is 16.3 Å². The zero-order valence-corrected chi connectivity index (χ0v) is 22.6. The lowest BCUT2D eigenvalue weighted by atomic mass is 10.1. The highest BCUT2D eigenvalue weighted by molar-refractivity contribution is 7.16. The largest absolute Gasteiger partial charge is 0.478 e. The minimum absolute atomic E-state index is 0.0601. The number of hydrazone groups is 1. The van der Waals surface area contributed by atoms with E-state index in [1.54, 1.807) is 49.4 Å². The summed E-state index contributed by atoms with van der Waals surface area (Å²) < 4.78 is 13.1. The highest BCUT2D eigenvalue weighted by Gasteiger charge is 2.29. The maximum absolute atomic E-state index is 13.1. The number of benzene rings is 3. The van der Waals surface area contributed by atoms with Crippen LogP contribution in [0.1, 0.15) is 38.1 Å². The molecule has 0 saturated heterocycles. The van der Waals surface area contributed by atoms with Crippen LogP contribution in [0.25, 0.3) is 16.5 Å². The van der Waals surface area contributed by atoms with Crippen molar-refractivity contribution in [3.05, 3.63) is 117 Å². The van der Waals surface area contributed by atoms with Crippen molar-refractivity contribution in [3.8, 4) is 10.4 Å². The van der Waals surface area contributed by atoms with Gasteiger partial charge in [-0.15, -0.1) is 11.3 Å². The number of nitrogens with one attached hydrogen (secondary N) is 1. The van der Waals surface area contributed by atoms with Crippen molar-refractivity contribution in [2.24, 2.45) is 5.10 Å². The number of halogens is 2. The number of carbonyl (C=O) groups excluding carboxylic acids is 2. The predicted molar refractivity (Wildman–Crippen MR) is 154 cm³/mol. The van der Waals surface area contributed by atoms with Crippen LogP contribution < -0.4 is 10.3 Å². The van der Waals surface area contributed by atoms with Crippen molar-refractivity contribution in [1.82, 2.24) is 5.32 Å². The zero-order chi connectivity index (χ0) is 28.4. The van der Waals surface area contributed by atoms with Gasteiger partial charge in [0.25, 0.3) is 11.8 Å². The molecule has 0 radical (unpaired) electrons. The second kappa shape index (κ2) is 11.3. The molecule has 0 aliphatic carbocycles. The lowest BCUT2D eigenvalue weighted by Crippen LogP contribution is -2.23. The SMILES string of the molecule is CC1=NN(c2cccc(C(=O)O)c2)C(=O)/C1=C\c1ccc(-c2ccc(Cl)c(C(=O)NCc3ccc(F)cc3)c2)s1. The molecule has 3 aromatic carbocycles. The molecule has 5 rings (SSSR count). The van der Waals surface area contributed by atoms with E-state index in [0.29, 0.717) is 27.6 Å². The molecule has 7 nitrogen and oxygen atoms in total. The molecule has 40 heavy (non-hydrogen) atoms. The van der Waals surface area contributed by atoms with Crippen molar-refractivity contribution in [1.29, 1.82) is 0 Å². The topological polar surface area (TPSA) is 99.1 Å². The highest BCUT2D eigenvalue weighted by atomic mass is 35.5. The number of nitrogens with zero attached hydrogens (tertiary/aromatic N) is 2. The minimum atomic E-state index is -1.09. The molecule has 1 aliphatic heterocycles. The van der Waals surface area contributed by atoms with Crippen LogP contribution >= 0.6 is 22.9 Å². The third kappa shape index (κ3) is 5.70. The number of hydrogen-bond acceptors (Lipinski definition) is 5. The summed E-state index contributed by atoms with van der Waals surface area (Å²) in [4.78, 5) is 39.0. The van der Waals surface area contributed by atoms with Crippen LogP contribution in [0.4, 0.5) is 10.1 Å². The van der Waals surface area contributed by atoms with Crippen molar-refractivity contribution in [3.63, 3.8) is 0 Å². The molecule has 200 valence electrons. The minimum Gasteiger partial charge on any atom is -0.478 e. The van der Waals surface area contributed by atoms with Crippen molar-refractivity contribution < 1.29 is 23.9 Å². The first-order valence-corrected chi connectivity index (χ1v) is 13.3. The van der Waals surface area contributed by atoms with Crippen molar-refractivity contribution in [2.75, 3.05) is 5.01 Å². The van der Waals surface area contributed by atoms with Gasteiger partial charge in [-0.25, -0.2) is 9.18 Å². The van der Waals surface area contributed by atoms with Gasteiger partial charge in [0.15, 0.2) is 0 Å². The number of thiophene rings is 1. The molecular weight excluding hydrogens is 553 g/mol. The predicted octanol–water partition coefficient (Wildman–Crippen LogP) is 6.64. The summed E-state index contributed by atoms with van der Waals surface area (Å²) in [6, 6.07) is 20.8. The molecule has 0 spiro atoms. The average molecular weight is 574 g/mol. The van der Waals surface area contributed by atoms with Crippen LogP contribution in [0.3, 0.4) is 0 Å². The Morgan fingerprint density at radius 2 is 1.85 bits per heavy atom. The van der Waals surface area contributed by atoms with Gasteiger partial charge >= 0.3 is 5.97 Å². The molecule has 0 unspecified atom stereocenters. The third-order valence-electron chi connectivity index (χ3n) is 6.18. The summed E-state index contributed by atoms with van der Waals surface area (Å²) in [5.41, 5.74) is 3.17. The Balaban J connectivity index is 1.34. The Hall–Kier alpha value is -4.60. The van der Waals surface area contributed by atoms with Crippen LogP contribution in [0.5, 0.6) is 0 Å². The van der Waals surface area contributed by atoms with E-state index in [2.05, 4.69) is 10.4 Å². The van der Waals surface area contributed by atoms with E-state index in [0.717, 1.165) is 20.9 Å². The first kappa shape index (κ1) is 27.0. The van der Waals surface area contributed by atoms with Gasteiger partial charge < -0.3 is 10.4 Å². The number of carboxylic acids is 1. The number of amides is 2.